The van der Waals surface area contributed by atoms with E-state index in [2.05, 4.69) is 30.7 Å². The van der Waals surface area contributed by atoms with Crippen LogP contribution in [-0.2, 0) is 11.2 Å². The van der Waals surface area contributed by atoms with Crippen molar-refractivity contribution >= 4 is 23.3 Å². The molecule has 3 aromatic heterocycles. The smallest absolute Gasteiger partial charge is 0.225 e. The molecule has 3 aromatic rings. The Labute approximate surface area is 154 Å². The molecule has 0 atom stereocenters. The number of aromatic nitrogens is 5. The number of carbonyl (C=O) groups is 1. The number of aromatic amines is 1. The molecule has 3 heterocycles. The van der Waals surface area contributed by atoms with Gasteiger partial charge in [-0.1, -0.05) is 11.6 Å². The first-order valence-corrected chi connectivity index (χ1v) is 8.26. The minimum Gasteiger partial charge on any atom is -0.311 e. The normalized spacial score (nSPS) is 10.8. The summed E-state index contributed by atoms with van der Waals surface area (Å²) in [7, 11) is 0. The molecular formula is C17H16ClFN6O. The van der Waals surface area contributed by atoms with Crippen LogP contribution in [0.4, 0.5) is 10.2 Å². The summed E-state index contributed by atoms with van der Waals surface area (Å²) in [4.78, 5) is 15.9. The summed E-state index contributed by atoms with van der Waals surface area (Å²) >= 11 is 5.55. The highest BCUT2D eigenvalue weighted by Crippen LogP contribution is 2.27. The molecule has 0 aliphatic heterocycles. The zero-order chi connectivity index (χ0) is 18.7. The lowest BCUT2D eigenvalue weighted by atomic mass is 10.1. The molecule has 2 N–H and O–H groups in total. The number of hydrogen-bond acceptors (Lipinski definition) is 5. The molecule has 0 unspecified atom stereocenters. The van der Waals surface area contributed by atoms with Crippen LogP contribution in [0.5, 0.6) is 0 Å². The lowest BCUT2D eigenvalue weighted by Crippen LogP contribution is -2.13. The van der Waals surface area contributed by atoms with E-state index in [4.69, 9.17) is 11.6 Å². The first kappa shape index (κ1) is 17.9. The van der Waals surface area contributed by atoms with Crippen molar-refractivity contribution in [1.29, 1.82) is 0 Å². The minimum atomic E-state index is -0.597. The fourth-order valence-electron chi connectivity index (χ4n) is 2.47. The Morgan fingerprint density at radius 3 is 2.77 bits per heavy atom. The Morgan fingerprint density at radius 1 is 1.27 bits per heavy atom. The Bertz CT molecular complexity index is 958. The second kappa shape index (κ2) is 7.57. The highest BCUT2D eigenvalue weighted by atomic mass is 35.5. The summed E-state index contributed by atoms with van der Waals surface area (Å²) in [5, 5.41) is 17.4. The molecule has 0 aliphatic carbocycles. The summed E-state index contributed by atoms with van der Waals surface area (Å²) in [6.45, 7) is 3.77. The number of hydrogen-bond donors (Lipinski definition) is 2. The molecule has 0 fully saturated rings. The van der Waals surface area contributed by atoms with Crippen LogP contribution in [0.2, 0.25) is 5.15 Å². The van der Waals surface area contributed by atoms with E-state index in [9.17, 15) is 9.18 Å². The largest absolute Gasteiger partial charge is 0.311 e. The van der Waals surface area contributed by atoms with Gasteiger partial charge in [-0.05, 0) is 37.5 Å². The van der Waals surface area contributed by atoms with Crippen LogP contribution in [0.1, 0.15) is 23.1 Å². The van der Waals surface area contributed by atoms with Gasteiger partial charge in [0.05, 0.1) is 18.1 Å². The van der Waals surface area contributed by atoms with E-state index >= 15 is 0 Å². The van der Waals surface area contributed by atoms with Gasteiger partial charge in [-0.2, -0.15) is 15.3 Å². The number of anilines is 1. The first-order valence-electron chi connectivity index (χ1n) is 7.88. The van der Waals surface area contributed by atoms with Gasteiger partial charge in [0.25, 0.3) is 0 Å². The average Bonchev–Trinajstić information content (AvgIpc) is 2.97. The minimum absolute atomic E-state index is 0.173. The van der Waals surface area contributed by atoms with E-state index in [0.717, 1.165) is 16.7 Å². The SMILES string of the molecule is Cc1cnncc1-c1n[nH]c(NC(=O)CCc2cnc(Cl)c(F)c2)c1C. The van der Waals surface area contributed by atoms with Gasteiger partial charge in [-0.3, -0.25) is 9.89 Å². The molecule has 26 heavy (non-hydrogen) atoms. The molecule has 9 heteroatoms. The molecule has 134 valence electrons. The number of nitrogens with one attached hydrogen (secondary N) is 2. The van der Waals surface area contributed by atoms with Crippen molar-refractivity contribution in [3.63, 3.8) is 0 Å². The number of pyridine rings is 1. The van der Waals surface area contributed by atoms with Crippen LogP contribution < -0.4 is 5.32 Å². The van der Waals surface area contributed by atoms with Gasteiger partial charge in [-0.15, -0.1) is 0 Å². The van der Waals surface area contributed by atoms with E-state index in [1.165, 1.54) is 12.3 Å². The zero-order valence-corrected chi connectivity index (χ0v) is 14.9. The maximum Gasteiger partial charge on any atom is 0.225 e. The third-order valence-electron chi connectivity index (χ3n) is 3.95. The molecule has 3 rings (SSSR count). The second-order valence-corrected chi connectivity index (χ2v) is 6.18. The fraction of sp³-hybridized carbons (Fsp3) is 0.235. The zero-order valence-electron chi connectivity index (χ0n) is 14.2. The predicted octanol–water partition coefficient (Wildman–Crippen LogP) is 3.24. The Hall–Kier alpha value is -2.87. The molecule has 0 spiro atoms. The predicted molar refractivity (Wildman–Crippen MR) is 95.2 cm³/mol. The van der Waals surface area contributed by atoms with E-state index in [-0.39, 0.29) is 17.5 Å². The van der Waals surface area contributed by atoms with Crippen molar-refractivity contribution in [2.75, 3.05) is 5.32 Å². The van der Waals surface area contributed by atoms with Gasteiger partial charge in [-0.25, -0.2) is 9.37 Å². The van der Waals surface area contributed by atoms with Crippen LogP contribution in [0.15, 0.2) is 24.7 Å². The fourth-order valence-corrected chi connectivity index (χ4v) is 2.57. The Balaban J connectivity index is 1.66. The number of halogens is 2. The topological polar surface area (TPSA) is 96.5 Å². The molecular weight excluding hydrogens is 359 g/mol. The van der Waals surface area contributed by atoms with Crippen LogP contribution in [-0.4, -0.2) is 31.3 Å². The summed E-state index contributed by atoms with van der Waals surface area (Å²) in [6.07, 6.45) is 5.26. The quantitative estimate of drug-likeness (QED) is 0.668. The van der Waals surface area contributed by atoms with Gasteiger partial charge >= 0.3 is 0 Å². The number of H-pyrrole nitrogens is 1. The molecule has 0 aliphatic rings. The van der Waals surface area contributed by atoms with E-state index in [1.54, 1.807) is 12.4 Å². The number of carbonyl (C=O) groups excluding carboxylic acids is 1. The van der Waals surface area contributed by atoms with Crippen molar-refractivity contribution in [3.05, 3.63) is 52.3 Å². The summed E-state index contributed by atoms with van der Waals surface area (Å²) in [5.74, 6) is -0.301. The molecule has 0 bridgehead atoms. The monoisotopic (exact) mass is 374 g/mol. The summed E-state index contributed by atoms with van der Waals surface area (Å²) in [6, 6.07) is 1.28. The van der Waals surface area contributed by atoms with Crippen LogP contribution >= 0.6 is 11.6 Å². The third-order valence-corrected chi connectivity index (χ3v) is 4.23. The lowest BCUT2D eigenvalue weighted by molar-refractivity contribution is -0.116. The van der Waals surface area contributed by atoms with Crippen LogP contribution in [0.25, 0.3) is 11.3 Å². The Morgan fingerprint density at radius 2 is 2.04 bits per heavy atom. The molecule has 0 aromatic carbocycles. The van der Waals surface area contributed by atoms with Crippen LogP contribution in [0, 0.1) is 19.7 Å². The Kier molecular flexibility index (Phi) is 5.22. The molecule has 0 saturated heterocycles. The second-order valence-electron chi connectivity index (χ2n) is 5.82. The molecule has 7 nitrogen and oxygen atoms in total. The summed E-state index contributed by atoms with van der Waals surface area (Å²) in [5.41, 5.74) is 3.88. The van der Waals surface area contributed by atoms with Crippen molar-refractivity contribution in [1.82, 2.24) is 25.4 Å². The highest BCUT2D eigenvalue weighted by molar-refractivity contribution is 6.29. The van der Waals surface area contributed by atoms with E-state index in [0.29, 0.717) is 23.5 Å². The standard InChI is InChI=1S/C17H16ClFN6O/c1-9-6-21-22-8-12(9)15-10(2)17(25-24-15)23-14(26)4-3-11-5-13(19)16(18)20-7-11/h5-8H,3-4H2,1-2H3,(H2,23,24,25,26). The van der Waals surface area contributed by atoms with E-state index in [1.807, 2.05) is 13.8 Å². The highest BCUT2D eigenvalue weighted by Gasteiger charge is 2.15. The first-order chi connectivity index (χ1) is 12.5. The molecule has 1 amide bonds. The maximum absolute atomic E-state index is 13.4. The van der Waals surface area contributed by atoms with E-state index < -0.39 is 5.82 Å². The van der Waals surface area contributed by atoms with Gasteiger partial charge in [0.1, 0.15) is 5.82 Å². The number of aryl methyl sites for hydroxylation is 2. The third kappa shape index (κ3) is 3.85. The van der Waals surface area contributed by atoms with Gasteiger partial charge < -0.3 is 5.32 Å². The van der Waals surface area contributed by atoms with Crippen molar-refractivity contribution in [2.24, 2.45) is 0 Å². The molecule has 0 radical (unpaired) electrons. The van der Waals surface area contributed by atoms with Gasteiger partial charge in [0, 0.05) is 23.7 Å². The average molecular weight is 375 g/mol. The number of rotatable bonds is 5. The van der Waals surface area contributed by atoms with Crippen LogP contribution in [0.3, 0.4) is 0 Å². The van der Waals surface area contributed by atoms with Crippen molar-refractivity contribution < 1.29 is 9.18 Å². The summed E-state index contributed by atoms with van der Waals surface area (Å²) < 4.78 is 13.4. The van der Waals surface area contributed by atoms with Crippen molar-refractivity contribution in [3.8, 4) is 11.3 Å². The lowest BCUT2D eigenvalue weighted by Gasteiger charge is -2.05. The number of nitrogens with zero attached hydrogens (tertiary/aromatic N) is 4. The molecule has 0 saturated carbocycles. The van der Waals surface area contributed by atoms with Gasteiger partial charge in [0.15, 0.2) is 11.0 Å². The maximum atomic E-state index is 13.4. The number of amides is 1. The van der Waals surface area contributed by atoms with Crippen molar-refractivity contribution in [2.45, 2.75) is 26.7 Å². The van der Waals surface area contributed by atoms with Gasteiger partial charge in [0.2, 0.25) is 5.91 Å².